The molecular formula is C16H18ClN3O. The van der Waals surface area contributed by atoms with E-state index in [1.807, 2.05) is 31.2 Å². The molecule has 0 unspecified atom stereocenters. The Morgan fingerprint density at radius 3 is 2.86 bits per heavy atom. The van der Waals surface area contributed by atoms with E-state index in [4.69, 9.17) is 11.6 Å². The van der Waals surface area contributed by atoms with Gasteiger partial charge in [0.2, 0.25) is 0 Å². The van der Waals surface area contributed by atoms with Gasteiger partial charge < -0.3 is 10.6 Å². The Bertz CT molecular complexity index is 616. The zero-order valence-electron chi connectivity index (χ0n) is 11.9. The molecule has 1 heterocycles. The maximum absolute atomic E-state index is 11.9. The van der Waals surface area contributed by atoms with Gasteiger partial charge in [0.05, 0.1) is 11.3 Å². The number of carbonyl (C=O) groups excluding carboxylic acids is 1. The maximum Gasteiger partial charge on any atom is 0.252 e. The highest BCUT2D eigenvalue weighted by molar-refractivity contribution is 6.31. The third kappa shape index (κ3) is 4.46. The molecule has 110 valence electrons. The number of halogens is 1. The summed E-state index contributed by atoms with van der Waals surface area (Å²) in [7, 11) is 0. The van der Waals surface area contributed by atoms with Crippen molar-refractivity contribution in [3.63, 3.8) is 0 Å². The van der Waals surface area contributed by atoms with Gasteiger partial charge in [0.1, 0.15) is 0 Å². The summed E-state index contributed by atoms with van der Waals surface area (Å²) in [4.78, 5) is 16.0. The number of pyridine rings is 1. The van der Waals surface area contributed by atoms with Crippen LogP contribution >= 0.6 is 11.6 Å². The van der Waals surface area contributed by atoms with E-state index >= 15 is 0 Å². The normalized spacial score (nSPS) is 10.2. The van der Waals surface area contributed by atoms with Crippen LogP contribution in [0.5, 0.6) is 0 Å². The molecule has 5 heteroatoms. The highest BCUT2D eigenvalue weighted by Crippen LogP contribution is 2.17. The van der Waals surface area contributed by atoms with E-state index in [1.54, 1.807) is 18.5 Å². The second-order valence-corrected chi connectivity index (χ2v) is 5.07. The van der Waals surface area contributed by atoms with Crippen LogP contribution in [0.2, 0.25) is 5.02 Å². The Hall–Kier alpha value is -2.07. The van der Waals surface area contributed by atoms with Crippen LogP contribution in [0.4, 0.5) is 5.69 Å². The lowest BCUT2D eigenvalue weighted by atomic mass is 10.2. The van der Waals surface area contributed by atoms with Crippen molar-refractivity contribution in [3.05, 3.63) is 58.9 Å². The van der Waals surface area contributed by atoms with Crippen molar-refractivity contribution in [3.8, 4) is 0 Å². The third-order valence-corrected chi connectivity index (χ3v) is 3.35. The molecule has 0 atom stereocenters. The van der Waals surface area contributed by atoms with E-state index in [9.17, 15) is 4.79 Å². The zero-order valence-corrected chi connectivity index (χ0v) is 12.7. The second kappa shape index (κ2) is 7.64. The lowest BCUT2D eigenvalue weighted by molar-refractivity contribution is 0.0953. The average Bonchev–Trinajstić information content (AvgIpc) is 2.52. The molecule has 21 heavy (non-hydrogen) atoms. The summed E-state index contributed by atoms with van der Waals surface area (Å²) in [6, 6.07) is 9.43. The fourth-order valence-electron chi connectivity index (χ4n) is 1.84. The number of hydrogen-bond acceptors (Lipinski definition) is 3. The first-order chi connectivity index (χ1) is 10.2. The standard InChI is InChI=1S/C16H18ClN3O/c1-2-7-19-16(21)13-8-14(11-18-9-13)20-10-12-5-3-4-6-15(12)17/h3-6,8-9,11,20H,2,7,10H2,1H3,(H,19,21). The number of hydrogen-bond donors (Lipinski definition) is 2. The molecule has 0 aliphatic rings. The molecule has 0 spiro atoms. The molecule has 0 radical (unpaired) electrons. The van der Waals surface area contributed by atoms with Crippen molar-refractivity contribution in [1.82, 2.24) is 10.3 Å². The summed E-state index contributed by atoms with van der Waals surface area (Å²) in [6.07, 6.45) is 4.16. The molecule has 2 N–H and O–H groups in total. The fourth-order valence-corrected chi connectivity index (χ4v) is 2.04. The molecule has 0 fully saturated rings. The first-order valence-electron chi connectivity index (χ1n) is 6.91. The van der Waals surface area contributed by atoms with E-state index in [-0.39, 0.29) is 5.91 Å². The fraction of sp³-hybridized carbons (Fsp3) is 0.250. The van der Waals surface area contributed by atoms with Crippen LogP contribution in [0.3, 0.4) is 0 Å². The number of anilines is 1. The van der Waals surface area contributed by atoms with E-state index in [1.165, 1.54) is 0 Å². The second-order valence-electron chi connectivity index (χ2n) is 4.66. The number of aromatic nitrogens is 1. The van der Waals surface area contributed by atoms with Gasteiger partial charge in [-0.05, 0) is 24.1 Å². The smallest absolute Gasteiger partial charge is 0.252 e. The SMILES string of the molecule is CCCNC(=O)c1cncc(NCc2ccccc2Cl)c1. The van der Waals surface area contributed by atoms with Crippen molar-refractivity contribution < 1.29 is 4.79 Å². The number of carbonyl (C=O) groups is 1. The van der Waals surface area contributed by atoms with Crippen molar-refractivity contribution >= 4 is 23.2 Å². The van der Waals surface area contributed by atoms with E-state index in [2.05, 4.69) is 15.6 Å². The van der Waals surface area contributed by atoms with Crippen molar-refractivity contribution in [2.75, 3.05) is 11.9 Å². The van der Waals surface area contributed by atoms with E-state index < -0.39 is 0 Å². The lowest BCUT2D eigenvalue weighted by Crippen LogP contribution is -2.24. The van der Waals surface area contributed by atoms with Crippen LogP contribution in [-0.4, -0.2) is 17.4 Å². The highest BCUT2D eigenvalue weighted by atomic mass is 35.5. The summed E-state index contributed by atoms with van der Waals surface area (Å²) < 4.78 is 0. The predicted molar refractivity (Wildman–Crippen MR) is 85.6 cm³/mol. The Labute approximate surface area is 129 Å². The van der Waals surface area contributed by atoms with Crippen molar-refractivity contribution in [2.24, 2.45) is 0 Å². The van der Waals surface area contributed by atoms with Crippen LogP contribution < -0.4 is 10.6 Å². The van der Waals surface area contributed by atoms with Gasteiger partial charge in [-0.1, -0.05) is 36.7 Å². The molecule has 1 amide bonds. The number of rotatable bonds is 6. The van der Waals surface area contributed by atoms with Crippen LogP contribution in [-0.2, 0) is 6.54 Å². The summed E-state index contributed by atoms with van der Waals surface area (Å²) in [5, 5.41) is 6.77. The van der Waals surface area contributed by atoms with Gasteiger partial charge in [-0.3, -0.25) is 9.78 Å². The minimum absolute atomic E-state index is 0.106. The number of amides is 1. The Balaban J connectivity index is 2.01. The Morgan fingerprint density at radius 2 is 2.10 bits per heavy atom. The first kappa shape index (κ1) is 15.3. The predicted octanol–water partition coefficient (Wildman–Crippen LogP) is 3.49. The zero-order chi connectivity index (χ0) is 15.1. The van der Waals surface area contributed by atoms with E-state index in [0.717, 1.165) is 22.7 Å². The molecule has 0 aliphatic carbocycles. The van der Waals surface area contributed by atoms with Gasteiger partial charge in [0.25, 0.3) is 5.91 Å². The van der Waals surface area contributed by atoms with Gasteiger partial charge in [-0.2, -0.15) is 0 Å². The molecule has 2 aromatic rings. The third-order valence-electron chi connectivity index (χ3n) is 2.98. The quantitative estimate of drug-likeness (QED) is 0.859. The number of nitrogens with one attached hydrogen (secondary N) is 2. The molecule has 0 bridgehead atoms. The van der Waals surface area contributed by atoms with Gasteiger partial charge in [0, 0.05) is 30.5 Å². The van der Waals surface area contributed by atoms with Gasteiger partial charge in [-0.15, -0.1) is 0 Å². The summed E-state index contributed by atoms with van der Waals surface area (Å²) >= 11 is 6.11. The summed E-state index contributed by atoms with van der Waals surface area (Å²) in [5.41, 5.74) is 2.34. The van der Waals surface area contributed by atoms with Crippen LogP contribution in [0.1, 0.15) is 29.3 Å². The topological polar surface area (TPSA) is 54.0 Å². The van der Waals surface area contributed by atoms with Crippen molar-refractivity contribution in [1.29, 1.82) is 0 Å². The Morgan fingerprint density at radius 1 is 1.29 bits per heavy atom. The molecule has 0 aliphatic heterocycles. The minimum Gasteiger partial charge on any atom is -0.380 e. The minimum atomic E-state index is -0.106. The van der Waals surface area contributed by atoms with E-state index in [0.29, 0.717) is 18.7 Å². The van der Waals surface area contributed by atoms with Crippen LogP contribution in [0.15, 0.2) is 42.7 Å². The van der Waals surface area contributed by atoms with Crippen LogP contribution in [0.25, 0.3) is 0 Å². The first-order valence-corrected chi connectivity index (χ1v) is 7.29. The number of benzene rings is 1. The largest absolute Gasteiger partial charge is 0.380 e. The molecule has 2 rings (SSSR count). The summed E-state index contributed by atoms with van der Waals surface area (Å²) in [6.45, 7) is 3.26. The van der Waals surface area contributed by atoms with Gasteiger partial charge in [-0.25, -0.2) is 0 Å². The monoisotopic (exact) mass is 303 g/mol. The molecule has 0 saturated carbocycles. The Kier molecular flexibility index (Phi) is 5.58. The van der Waals surface area contributed by atoms with Gasteiger partial charge in [0.15, 0.2) is 0 Å². The molecular weight excluding hydrogens is 286 g/mol. The average molecular weight is 304 g/mol. The molecule has 1 aromatic heterocycles. The lowest BCUT2D eigenvalue weighted by Gasteiger charge is -2.09. The van der Waals surface area contributed by atoms with Crippen molar-refractivity contribution in [2.45, 2.75) is 19.9 Å². The molecule has 4 nitrogen and oxygen atoms in total. The molecule has 1 aromatic carbocycles. The number of nitrogens with zero attached hydrogens (tertiary/aromatic N) is 1. The summed E-state index contributed by atoms with van der Waals surface area (Å²) in [5.74, 6) is -0.106. The molecule has 0 saturated heterocycles. The maximum atomic E-state index is 11.9. The highest BCUT2D eigenvalue weighted by Gasteiger charge is 2.06. The van der Waals surface area contributed by atoms with Crippen LogP contribution in [0, 0.1) is 0 Å². The van der Waals surface area contributed by atoms with Gasteiger partial charge >= 0.3 is 0 Å².